The molecule has 6 aliphatic heterocycles. The Morgan fingerprint density at radius 2 is 0.794 bits per heavy atom. The van der Waals surface area contributed by atoms with E-state index >= 15 is 0 Å². The molecule has 15 nitrogen and oxygen atoms in total. The number of hydrogen-bond donors (Lipinski definition) is 3. The Hall–Kier alpha value is -0.729. The number of fused-ring (bicyclic) bond motifs is 3. The maximum Gasteiger partial charge on any atom is 0.349 e. The molecular weight excluding hydrogens is 925 g/mol. The van der Waals surface area contributed by atoms with Crippen LogP contribution in [0.1, 0.15) is 130 Å². The van der Waals surface area contributed by atoms with Gasteiger partial charge in [-0.25, -0.2) is 0 Å². The molecule has 0 saturated carbocycles. The van der Waals surface area contributed by atoms with Gasteiger partial charge in [0.2, 0.25) is 0 Å². The van der Waals surface area contributed by atoms with Gasteiger partial charge in [0.1, 0.15) is 61.0 Å². The second-order valence-corrected chi connectivity index (χ2v) is 40.7. The van der Waals surface area contributed by atoms with Gasteiger partial charge in [-0.2, -0.15) is 0 Å². The lowest BCUT2D eigenvalue weighted by Crippen LogP contribution is -2.74. The average molecular weight is 1010 g/mol. The first-order valence-electron chi connectivity index (χ1n) is 25.0. The molecule has 0 aliphatic carbocycles. The number of benzene rings is 1. The molecule has 1 aromatic rings. The Labute approximate surface area is 410 Å². The summed E-state index contributed by atoms with van der Waals surface area (Å²) >= 11 is 0. The summed E-state index contributed by atoms with van der Waals surface area (Å²) in [6.07, 6.45) is -13.8. The number of ether oxygens (including phenoxy) is 6. The zero-order chi connectivity index (χ0) is 50.6. The first kappa shape index (κ1) is 55.0. The molecule has 0 bridgehead atoms. The van der Waals surface area contributed by atoms with Crippen molar-refractivity contribution in [1.29, 1.82) is 0 Å². The molecule has 15 atom stereocenters. The van der Waals surface area contributed by atoms with Crippen LogP contribution in [0.3, 0.4) is 0 Å². The van der Waals surface area contributed by atoms with Crippen molar-refractivity contribution in [2.24, 2.45) is 5.92 Å². The predicted molar refractivity (Wildman–Crippen MR) is 262 cm³/mol. The largest absolute Gasteiger partial charge is 0.391 e. The molecule has 18 heteroatoms. The summed E-state index contributed by atoms with van der Waals surface area (Å²) in [7, 11) is -7.89. The van der Waals surface area contributed by atoms with Crippen molar-refractivity contribution in [3.63, 3.8) is 0 Å². The Balaban J connectivity index is 1.27. The highest BCUT2D eigenvalue weighted by molar-refractivity contribution is 6.74. The van der Waals surface area contributed by atoms with E-state index in [0.717, 1.165) is 5.56 Å². The molecule has 390 valence electrons. The van der Waals surface area contributed by atoms with Crippen LogP contribution in [0.2, 0.25) is 30.2 Å². The average Bonchev–Trinajstić information content (AvgIpc) is 3.21. The van der Waals surface area contributed by atoms with E-state index in [0.29, 0.717) is 6.42 Å². The van der Waals surface area contributed by atoms with E-state index in [9.17, 15) is 15.3 Å². The third-order valence-corrected chi connectivity index (χ3v) is 30.7. The monoisotopic (exact) mass is 1010 g/mol. The van der Waals surface area contributed by atoms with Gasteiger partial charge in [-0.3, -0.25) is 0 Å². The van der Waals surface area contributed by atoms with Crippen molar-refractivity contribution in [3.05, 3.63) is 35.9 Å². The predicted octanol–water partition coefficient (Wildman–Crippen LogP) is 7.89. The summed E-state index contributed by atoms with van der Waals surface area (Å²) in [5, 5.41) is 35.4. The van der Waals surface area contributed by atoms with Gasteiger partial charge in [0.05, 0.1) is 25.9 Å². The molecule has 1 aromatic carbocycles. The van der Waals surface area contributed by atoms with Gasteiger partial charge in [0.15, 0.2) is 18.9 Å². The standard InChI is InChI=1S/C50H88O15Si3/c1-45(2,3)66(46(4,5)6)55-26-31-37(63-66)30(25-29-23-21-20-22-24-29)34(51)43(59-31)61-41-36(53)44(60-33-28-57-68(49(13,14)15,50(16,17)18)65-39(33)41)62-40-35(52)42(54-19)58-32-27-56-67(47(7,8)9,48(10,11)12)64-38(32)40/h20-24,30-44,51-53H,25-28H2,1-19H3/t30-,31-,32-,33-,34-,35-,36-,37+,38-,39-,40-,41-,42+,43-,44-/m1/s1. The first-order valence-corrected chi connectivity index (χ1v) is 30.4. The molecule has 0 radical (unpaired) electrons. The number of rotatable bonds is 7. The zero-order valence-corrected chi connectivity index (χ0v) is 47.6. The lowest BCUT2D eigenvalue weighted by Gasteiger charge is -2.60. The van der Waals surface area contributed by atoms with Gasteiger partial charge in [0, 0.05) is 43.3 Å². The van der Waals surface area contributed by atoms with Crippen LogP contribution in [0.5, 0.6) is 0 Å². The van der Waals surface area contributed by atoms with Gasteiger partial charge >= 0.3 is 25.7 Å². The quantitative estimate of drug-likeness (QED) is 0.225. The summed E-state index contributed by atoms with van der Waals surface area (Å²) in [6, 6.07) is 10.1. The number of hydrogen-bond acceptors (Lipinski definition) is 15. The number of aliphatic hydroxyl groups is 3. The zero-order valence-electron chi connectivity index (χ0n) is 44.6. The minimum absolute atomic E-state index is 0.124. The van der Waals surface area contributed by atoms with Gasteiger partial charge in [0.25, 0.3) is 0 Å². The van der Waals surface area contributed by atoms with Gasteiger partial charge in [-0.05, 0) is 12.0 Å². The van der Waals surface area contributed by atoms with Crippen molar-refractivity contribution in [2.75, 3.05) is 26.9 Å². The maximum absolute atomic E-state index is 12.9. The normalized spacial score (nSPS) is 39.1. The molecular formula is C50H88O15Si3. The summed E-state index contributed by atoms with van der Waals surface area (Å²) < 4.78 is 81.9. The smallest absolute Gasteiger partial charge is 0.349 e. The van der Waals surface area contributed by atoms with E-state index in [4.69, 9.17) is 55.0 Å². The van der Waals surface area contributed by atoms with E-state index in [1.807, 2.05) is 18.2 Å². The van der Waals surface area contributed by atoms with Crippen molar-refractivity contribution in [2.45, 2.75) is 247 Å². The van der Waals surface area contributed by atoms with Gasteiger partial charge < -0.3 is 70.3 Å². The molecule has 68 heavy (non-hydrogen) atoms. The molecule has 3 N–H and O–H groups in total. The highest BCUT2D eigenvalue weighted by atomic mass is 28.4. The van der Waals surface area contributed by atoms with Crippen molar-refractivity contribution < 1.29 is 70.3 Å². The van der Waals surface area contributed by atoms with E-state index in [2.05, 4.69) is 137 Å². The highest BCUT2D eigenvalue weighted by Crippen LogP contribution is 2.59. The van der Waals surface area contributed by atoms with Crippen LogP contribution in [0.25, 0.3) is 0 Å². The van der Waals surface area contributed by atoms with E-state index in [-0.39, 0.29) is 40.0 Å². The van der Waals surface area contributed by atoms with Crippen LogP contribution < -0.4 is 0 Å². The highest BCUT2D eigenvalue weighted by Gasteiger charge is 2.69. The number of methoxy groups -OCH3 is 1. The molecule has 6 heterocycles. The molecule has 6 saturated heterocycles. The minimum Gasteiger partial charge on any atom is -0.391 e. The van der Waals surface area contributed by atoms with Crippen LogP contribution in [0.4, 0.5) is 0 Å². The van der Waals surface area contributed by atoms with Gasteiger partial charge in [-0.1, -0.05) is 155 Å². The molecule has 0 amide bonds. The molecule has 0 spiro atoms. The minimum atomic E-state index is -3.21. The lowest BCUT2D eigenvalue weighted by atomic mass is 9.84. The van der Waals surface area contributed by atoms with E-state index in [1.165, 1.54) is 7.11 Å². The molecule has 7 rings (SSSR count). The summed E-state index contributed by atoms with van der Waals surface area (Å²) in [5.74, 6) is -0.476. The third-order valence-electron chi connectivity index (χ3n) is 15.4. The fourth-order valence-corrected chi connectivity index (χ4v) is 27.7. The van der Waals surface area contributed by atoms with Crippen molar-refractivity contribution >= 4 is 25.7 Å². The fraction of sp³-hybridized carbons (Fsp3) is 0.880. The second-order valence-electron chi connectivity index (χ2n) is 26.4. The lowest BCUT2D eigenvalue weighted by molar-refractivity contribution is -0.383. The summed E-state index contributed by atoms with van der Waals surface area (Å²) in [5.41, 5.74) is 1.03. The van der Waals surface area contributed by atoms with Crippen LogP contribution in [0, 0.1) is 5.92 Å². The van der Waals surface area contributed by atoms with Crippen LogP contribution >= 0.6 is 0 Å². The van der Waals surface area contributed by atoms with E-state index in [1.54, 1.807) is 0 Å². The molecule has 0 unspecified atom stereocenters. The Morgan fingerprint density at radius 3 is 1.16 bits per heavy atom. The molecule has 6 fully saturated rings. The second kappa shape index (κ2) is 18.9. The summed E-state index contributed by atoms with van der Waals surface area (Å²) in [6.45, 7) is 39.0. The van der Waals surface area contributed by atoms with Crippen molar-refractivity contribution in [1.82, 2.24) is 0 Å². The molecule has 0 aromatic heterocycles. The number of aliphatic hydroxyl groups excluding tert-OH is 3. The van der Waals surface area contributed by atoms with Gasteiger partial charge in [-0.15, -0.1) is 0 Å². The van der Waals surface area contributed by atoms with Crippen LogP contribution in [-0.4, -0.2) is 154 Å². The molecule has 6 aliphatic rings. The van der Waals surface area contributed by atoms with Crippen molar-refractivity contribution in [3.8, 4) is 0 Å². The Morgan fingerprint density at radius 1 is 0.471 bits per heavy atom. The SMILES string of the molecule is CO[C@H]1O[C@@H]2CO[Si](C(C)(C)C)(C(C)(C)C)O[C@H]2[C@H](O[C@H]2O[C@@H]3CO[Si](C(C)(C)C)(C(C)(C)C)O[C@H]3[C@H](O[C@H]3O[C@@H]4CO[Si](C(C)(C)C)(C(C)(C)C)O[C@H]4[C@H](Cc4ccccc4)[C@H]3O)[C@H]2O)[C@H]1O. The first-order chi connectivity index (χ1) is 31.1. The summed E-state index contributed by atoms with van der Waals surface area (Å²) in [4.78, 5) is 0. The topological polar surface area (TPSA) is 171 Å². The maximum atomic E-state index is 12.9. The van der Waals surface area contributed by atoms with Crippen LogP contribution in [0.15, 0.2) is 30.3 Å². The van der Waals surface area contributed by atoms with E-state index < -0.39 is 128 Å². The fourth-order valence-electron chi connectivity index (χ4n) is 12.8. The Bertz CT molecular complexity index is 1820. The Kier molecular flexibility index (Phi) is 15.3. The third kappa shape index (κ3) is 9.52. The van der Waals surface area contributed by atoms with Crippen LogP contribution in [-0.2, 0) is 61.4 Å².